The number of amides is 1. The third-order valence-corrected chi connectivity index (χ3v) is 4.16. The number of hydrogen-bond acceptors (Lipinski definition) is 5. The number of carboxylic acid groups (broad SMARTS) is 1. The molecule has 2 N–H and O–H groups in total. The number of aliphatic hydroxyl groups is 1. The van der Waals surface area contributed by atoms with Gasteiger partial charge >= 0.3 is 5.97 Å². The maximum absolute atomic E-state index is 12.0. The lowest BCUT2D eigenvalue weighted by molar-refractivity contribution is -0.145. The van der Waals surface area contributed by atoms with Crippen molar-refractivity contribution in [2.45, 2.75) is 12.5 Å². The van der Waals surface area contributed by atoms with Gasteiger partial charge in [-0.05, 0) is 18.1 Å². The molecule has 0 unspecified atom stereocenters. The fourth-order valence-corrected chi connectivity index (χ4v) is 2.96. The summed E-state index contributed by atoms with van der Waals surface area (Å²) in [7, 11) is 0. The number of aliphatic hydroxyl groups excluding tert-OH is 1. The Labute approximate surface area is 138 Å². The van der Waals surface area contributed by atoms with Crippen LogP contribution in [0.15, 0.2) is 30.7 Å². The molecule has 2 aromatic heterocycles. The van der Waals surface area contributed by atoms with Crippen molar-refractivity contribution in [3.8, 4) is 0 Å². The van der Waals surface area contributed by atoms with Crippen LogP contribution in [0.2, 0.25) is 0 Å². The molecule has 2 atom stereocenters. The van der Waals surface area contributed by atoms with E-state index in [1.165, 1.54) is 4.90 Å². The molecule has 1 fully saturated rings. The SMILES string of the molecule is O=C(O)COCC(=O)N1C[C@H](Cc2ccc3nccn3c2)[C@H](O)C1. The fourth-order valence-electron chi connectivity index (χ4n) is 2.96. The topological polar surface area (TPSA) is 104 Å². The van der Waals surface area contributed by atoms with Gasteiger partial charge in [0.1, 0.15) is 18.9 Å². The van der Waals surface area contributed by atoms with Gasteiger partial charge in [0.05, 0.1) is 6.10 Å². The van der Waals surface area contributed by atoms with Crippen molar-refractivity contribution >= 4 is 17.5 Å². The van der Waals surface area contributed by atoms with Crippen molar-refractivity contribution in [1.29, 1.82) is 0 Å². The highest BCUT2D eigenvalue weighted by molar-refractivity contribution is 5.78. The third kappa shape index (κ3) is 3.72. The average molecular weight is 333 g/mol. The first-order valence-electron chi connectivity index (χ1n) is 7.70. The molecule has 2 aromatic rings. The van der Waals surface area contributed by atoms with Crippen molar-refractivity contribution in [1.82, 2.24) is 14.3 Å². The molecule has 0 aliphatic carbocycles. The minimum absolute atomic E-state index is 0.0607. The first-order valence-corrected chi connectivity index (χ1v) is 7.70. The molecule has 24 heavy (non-hydrogen) atoms. The van der Waals surface area contributed by atoms with Crippen LogP contribution in [-0.4, -0.2) is 68.8 Å². The Balaban J connectivity index is 1.57. The van der Waals surface area contributed by atoms with E-state index in [4.69, 9.17) is 9.84 Å². The van der Waals surface area contributed by atoms with E-state index >= 15 is 0 Å². The standard InChI is InChI=1S/C16H19N3O5/c20-13-8-19(15(21)9-24-10-16(22)23)7-12(13)5-11-1-2-14-17-3-4-18(14)6-11/h1-4,6,12-13,20H,5,7-10H2,(H,22,23)/t12-,13+/m0/s1. The zero-order chi connectivity index (χ0) is 17.1. The summed E-state index contributed by atoms with van der Waals surface area (Å²) < 4.78 is 6.73. The lowest BCUT2D eigenvalue weighted by atomic mass is 9.98. The quantitative estimate of drug-likeness (QED) is 0.758. The van der Waals surface area contributed by atoms with Gasteiger partial charge in [-0.15, -0.1) is 0 Å². The largest absolute Gasteiger partial charge is 0.480 e. The third-order valence-electron chi connectivity index (χ3n) is 4.16. The molecule has 8 nitrogen and oxygen atoms in total. The van der Waals surface area contributed by atoms with Gasteiger partial charge in [0.25, 0.3) is 0 Å². The molecule has 3 heterocycles. The fraction of sp³-hybridized carbons (Fsp3) is 0.438. The second-order valence-electron chi connectivity index (χ2n) is 5.95. The Morgan fingerprint density at radius 2 is 2.12 bits per heavy atom. The number of pyridine rings is 1. The number of hydrogen-bond donors (Lipinski definition) is 2. The van der Waals surface area contributed by atoms with Crippen LogP contribution in [-0.2, 0) is 20.7 Å². The number of imidazole rings is 1. The summed E-state index contributed by atoms with van der Waals surface area (Å²) in [5.74, 6) is -1.48. The number of carbonyl (C=O) groups is 2. The van der Waals surface area contributed by atoms with Crippen LogP contribution in [0.25, 0.3) is 5.65 Å². The number of nitrogens with zero attached hydrogens (tertiary/aromatic N) is 3. The molecule has 1 saturated heterocycles. The predicted octanol–water partition coefficient (Wildman–Crippen LogP) is -0.203. The summed E-state index contributed by atoms with van der Waals surface area (Å²) in [6, 6.07) is 3.88. The van der Waals surface area contributed by atoms with Gasteiger partial charge in [-0.3, -0.25) is 4.79 Å². The van der Waals surface area contributed by atoms with Crippen LogP contribution in [0.4, 0.5) is 0 Å². The van der Waals surface area contributed by atoms with Crippen LogP contribution in [0, 0.1) is 5.92 Å². The Morgan fingerprint density at radius 1 is 1.29 bits per heavy atom. The number of fused-ring (bicyclic) bond motifs is 1. The molecular weight excluding hydrogens is 314 g/mol. The smallest absolute Gasteiger partial charge is 0.329 e. The highest BCUT2D eigenvalue weighted by Gasteiger charge is 2.33. The van der Waals surface area contributed by atoms with Gasteiger partial charge in [0.15, 0.2) is 0 Å². The normalized spacial score (nSPS) is 20.6. The highest BCUT2D eigenvalue weighted by atomic mass is 16.5. The van der Waals surface area contributed by atoms with E-state index in [2.05, 4.69) is 4.98 Å². The van der Waals surface area contributed by atoms with Crippen LogP contribution < -0.4 is 0 Å². The maximum Gasteiger partial charge on any atom is 0.329 e. The van der Waals surface area contributed by atoms with Gasteiger partial charge in [0.2, 0.25) is 5.91 Å². The predicted molar refractivity (Wildman–Crippen MR) is 83.4 cm³/mol. The summed E-state index contributed by atoms with van der Waals surface area (Å²) in [6.45, 7) is -0.116. The van der Waals surface area contributed by atoms with E-state index < -0.39 is 18.7 Å². The molecular formula is C16H19N3O5. The monoisotopic (exact) mass is 333 g/mol. The van der Waals surface area contributed by atoms with Gasteiger partial charge in [-0.1, -0.05) is 6.07 Å². The Kier molecular flexibility index (Phi) is 4.77. The first-order chi connectivity index (χ1) is 11.5. The first kappa shape index (κ1) is 16.4. The van der Waals surface area contributed by atoms with Crippen molar-refractivity contribution < 1.29 is 24.5 Å². The van der Waals surface area contributed by atoms with Crippen LogP contribution in [0.3, 0.4) is 0 Å². The number of likely N-dealkylation sites (tertiary alicyclic amines) is 1. The van der Waals surface area contributed by atoms with Crippen LogP contribution >= 0.6 is 0 Å². The van der Waals surface area contributed by atoms with E-state index in [1.54, 1.807) is 6.20 Å². The van der Waals surface area contributed by atoms with E-state index in [9.17, 15) is 14.7 Å². The van der Waals surface area contributed by atoms with E-state index in [0.717, 1.165) is 11.2 Å². The molecule has 3 rings (SSSR count). The number of rotatable bonds is 6. The zero-order valence-electron chi connectivity index (χ0n) is 13.0. The van der Waals surface area contributed by atoms with Crippen molar-refractivity contribution in [3.05, 3.63) is 36.3 Å². The summed E-state index contributed by atoms with van der Waals surface area (Å²) in [4.78, 5) is 28.1. The minimum atomic E-state index is -1.11. The van der Waals surface area contributed by atoms with Crippen LogP contribution in [0.5, 0.6) is 0 Å². The highest BCUT2D eigenvalue weighted by Crippen LogP contribution is 2.22. The van der Waals surface area contributed by atoms with Crippen LogP contribution in [0.1, 0.15) is 5.56 Å². The summed E-state index contributed by atoms with van der Waals surface area (Å²) in [5.41, 5.74) is 1.92. The van der Waals surface area contributed by atoms with E-state index in [0.29, 0.717) is 13.0 Å². The number of β-amino-alcohol motifs (C(OH)–C–C–N with tert-alkyl or cyclic N) is 1. The van der Waals surface area contributed by atoms with Gasteiger partial charge in [0, 0.05) is 37.6 Å². The van der Waals surface area contributed by atoms with Gasteiger partial charge in [-0.25, -0.2) is 9.78 Å². The van der Waals surface area contributed by atoms with E-state index in [-0.39, 0.29) is 25.0 Å². The average Bonchev–Trinajstić information content (AvgIpc) is 3.13. The molecule has 0 saturated carbocycles. The molecule has 8 heteroatoms. The lowest BCUT2D eigenvalue weighted by Gasteiger charge is -2.16. The Bertz CT molecular complexity index is 744. The molecule has 0 aromatic carbocycles. The molecule has 0 spiro atoms. The summed E-state index contributed by atoms with van der Waals surface area (Å²) >= 11 is 0. The molecule has 0 radical (unpaired) electrons. The maximum atomic E-state index is 12.0. The molecule has 0 bridgehead atoms. The molecule has 1 aliphatic heterocycles. The van der Waals surface area contributed by atoms with E-state index in [1.807, 2.05) is 28.9 Å². The second-order valence-corrected chi connectivity index (χ2v) is 5.95. The number of aromatic nitrogens is 2. The summed E-state index contributed by atoms with van der Waals surface area (Å²) in [6.07, 6.45) is 5.59. The molecule has 128 valence electrons. The van der Waals surface area contributed by atoms with Crippen molar-refractivity contribution in [2.75, 3.05) is 26.3 Å². The lowest BCUT2D eigenvalue weighted by Crippen LogP contribution is -2.33. The molecule has 1 amide bonds. The number of carbonyl (C=O) groups excluding carboxylic acids is 1. The van der Waals surface area contributed by atoms with Crippen molar-refractivity contribution in [3.63, 3.8) is 0 Å². The minimum Gasteiger partial charge on any atom is -0.480 e. The number of carboxylic acids is 1. The Hall–Kier alpha value is -2.45. The van der Waals surface area contributed by atoms with Crippen molar-refractivity contribution in [2.24, 2.45) is 5.92 Å². The number of aliphatic carboxylic acids is 1. The molecule has 1 aliphatic rings. The number of ether oxygens (including phenoxy) is 1. The second kappa shape index (κ2) is 6.98. The summed E-state index contributed by atoms with van der Waals surface area (Å²) in [5, 5.41) is 18.7. The zero-order valence-corrected chi connectivity index (χ0v) is 13.0. The Morgan fingerprint density at radius 3 is 2.92 bits per heavy atom. The van der Waals surface area contributed by atoms with Gasteiger partial charge < -0.3 is 24.3 Å². The van der Waals surface area contributed by atoms with Gasteiger partial charge in [-0.2, -0.15) is 0 Å².